The molecule has 0 heterocycles. The van der Waals surface area contributed by atoms with Crippen LogP contribution in [-0.2, 0) is 27.2 Å². The number of hydrogen-bond donors (Lipinski definition) is 7. The topological polar surface area (TPSA) is 206 Å². The Balaban J connectivity index is 2.11. The van der Waals surface area contributed by atoms with Crippen LogP contribution in [0.3, 0.4) is 0 Å². The number of amides is 2. The fourth-order valence-corrected chi connectivity index (χ4v) is 3.35. The van der Waals surface area contributed by atoms with Crippen molar-refractivity contribution in [3.63, 3.8) is 0 Å². The number of aliphatic carboxylic acids is 1. The lowest BCUT2D eigenvalue weighted by Crippen LogP contribution is -2.55. The van der Waals surface area contributed by atoms with Crippen molar-refractivity contribution < 1.29 is 24.6 Å². The predicted molar refractivity (Wildman–Crippen MR) is 131 cm³/mol. The van der Waals surface area contributed by atoms with Crippen molar-refractivity contribution in [3.05, 3.63) is 65.7 Å². The number of aromatic hydroxyl groups is 1. The fraction of sp³-hybridized carbons (Fsp3) is 0.333. The van der Waals surface area contributed by atoms with Gasteiger partial charge in [-0.3, -0.25) is 14.6 Å². The second-order valence-corrected chi connectivity index (χ2v) is 8.08. The Bertz CT molecular complexity index is 1010. The number of guanidine groups is 1. The second kappa shape index (κ2) is 13.6. The molecule has 0 bridgehead atoms. The van der Waals surface area contributed by atoms with Gasteiger partial charge in [0, 0.05) is 13.0 Å². The predicted octanol–water partition coefficient (Wildman–Crippen LogP) is -0.387. The van der Waals surface area contributed by atoms with E-state index in [4.69, 9.17) is 17.2 Å². The van der Waals surface area contributed by atoms with Crippen LogP contribution in [0.4, 0.5) is 0 Å². The van der Waals surface area contributed by atoms with Crippen molar-refractivity contribution in [1.82, 2.24) is 10.6 Å². The number of nitrogens with one attached hydrogen (secondary N) is 2. The van der Waals surface area contributed by atoms with Gasteiger partial charge in [-0.2, -0.15) is 0 Å². The van der Waals surface area contributed by atoms with E-state index in [0.717, 1.165) is 5.56 Å². The van der Waals surface area contributed by atoms with Crippen LogP contribution in [0, 0.1) is 0 Å². The Kier molecular flexibility index (Phi) is 10.5. The summed E-state index contributed by atoms with van der Waals surface area (Å²) in [6.07, 6.45) is 0.746. The summed E-state index contributed by atoms with van der Waals surface area (Å²) in [4.78, 5) is 41.3. The van der Waals surface area contributed by atoms with Crippen LogP contribution >= 0.6 is 0 Å². The minimum Gasteiger partial charge on any atom is -0.508 e. The lowest BCUT2D eigenvalue weighted by Gasteiger charge is -2.23. The second-order valence-electron chi connectivity index (χ2n) is 8.08. The standard InChI is InChI=1S/C24H32N6O5/c25-18(13-15-5-2-1-3-6-15)21(32)30-20(14-16-8-10-17(31)11-9-16)22(33)29-19(23(34)35)7-4-12-28-24(26)27/h1-3,5-6,8-11,18-20,31H,4,7,12-14,25H2,(H,29,33)(H,30,32)(H,34,35)(H4,26,27,28)/t18-,19-,20-/m0/s1. The van der Waals surface area contributed by atoms with Crippen LogP contribution < -0.4 is 27.8 Å². The van der Waals surface area contributed by atoms with Gasteiger partial charge in [-0.05, 0) is 42.5 Å². The number of benzene rings is 2. The summed E-state index contributed by atoms with van der Waals surface area (Å²) in [5.41, 5.74) is 18.1. The number of aliphatic imine (C=N–C) groups is 1. The molecule has 3 atom stereocenters. The summed E-state index contributed by atoms with van der Waals surface area (Å²) in [5.74, 6) is -2.50. The first kappa shape index (κ1) is 27.1. The molecule has 0 unspecified atom stereocenters. The maximum atomic E-state index is 13.0. The van der Waals surface area contributed by atoms with Gasteiger partial charge >= 0.3 is 5.97 Å². The number of nitrogens with two attached hydrogens (primary N) is 3. The number of hydrogen-bond acceptors (Lipinski definition) is 6. The van der Waals surface area contributed by atoms with Gasteiger partial charge in [-0.1, -0.05) is 42.5 Å². The third-order valence-electron chi connectivity index (χ3n) is 5.20. The maximum absolute atomic E-state index is 13.0. The number of carbonyl (C=O) groups excluding carboxylic acids is 2. The molecule has 0 radical (unpaired) electrons. The number of phenolic OH excluding ortho intramolecular Hbond substituents is 1. The molecule has 2 aromatic rings. The van der Waals surface area contributed by atoms with Crippen LogP contribution in [0.5, 0.6) is 5.75 Å². The molecular weight excluding hydrogens is 452 g/mol. The number of carbonyl (C=O) groups is 3. The van der Waals surface area contributed by atoms with E-state index >= 15 is 0 Å². The summed E-state index contributed by atoms with van der Waals surface area (Å²) in [7, 11) is 0. The number of phenols is 1. The zero-order chi connectivity index (χ0) is 25.8. The highest BCUT2D eigenvalue weighted by atomic mass is 16.4. The highest BCUT2D eigenvalue weighted by Gasteiger charge is 2.28. The third-order valence-corrected chi connectivity index (χ3v) is 5.20. The molecule has 0 fully saturated rings. The summed E-state index contributed by atoms with van der Waals surface area (Å²) in [5, 5.41) is 24.2. The zero-order valence-corrected chi connectivity index (χ0v) is 19.3. The van der Waals surface area contributed by atoms with Gasteiger partial charge in [0.25, 0.3) is 0 Å². The average Bonchev–Trinajstić information content (AvgIpc) is 2.82. The molecule has 2 rings (SSSR count). The van der Waals surface area contributed by atoms with Crippen molar-refractivity contribution >= 4 is 23.7 Å². The number of carboxylic acids is 1. The Morgan fingerprint density at radius 3 is 2.06 bits per heavy atom. The molecule has 0 spiro atoms. The average molecular weight is 485 g/mol. The molecule has 35 heavy (non-hydrogen) atoms. The number of nitrogens with zero attached hydrogens (tertiary/aromatic N) is 1. The molecule has 0 aliphatic carbocycles. The minimum atomic E-state index is -1.22. The van der Waals surface area contributed by atoms with Crippen LogP contribution in [0.15, 0.2) is 59.6 Å². The molecule has 10 N–H and O–H groups in total. The van der Waals surface area contributed by atoms with Gasteiger partial charge in [-0.25, -0.2) is 4.79 Å². The molecule has 11 heteroatoms. The summed E-state index contributed by atoms with van der Waals surface area (Å²) < 4.78 is 0. The van der Waals surface area contributed by atoms with Crippen molar-refractivity contribution in [2.75, 3.05) is 6.54 Å². The Hall–Kier alpha value is -4.12. The van der Waals surface area contributed by atoms with E-state index in [1.165, 1.54) is 12.1 Å². The van der Waals surface area contributed by atoms with Gasteiger partial charge in [0.2, 0.25) is 11.8 Å². The van der Waals surface area contributed by atoms with E-state index in [-0.39, 0.29) is 37.5 Å². The van der Waals surface area contributed by atoms with Crippen molar-refractivity contribution in [3.8, 4) is 5.75 Å². The summed E-state index contributed by atoms with van der Waals surface area (Å²) in [6, 6.07) is 12.1. The molecule has 2 aromatic carbocycles. The van der Waals surface area contributed by atoms with Crippen LogP contribution in [0.25, 0.3) is 0 Å². The van der Waals surface area contributed by atoms with E-state index in [9.17, 15) is 24.6 Å². The normalized spacial score (nSPS) is 13.2. The quantitative estimate of drug-likeness (QED) is 0.113. The maximum Gasteiger partial charge on any atom is 0.326 e. The highest BCUT2D eigenvalue weighted by molar-refractivity contribution is 5.92. The monoisotopic (exact) mass is 484 g/mol. The first-order valence-electron chi connectivity index (χ1n) is 11.1. The van der Waals surface area contributed by atoms with Crippen LogP contribution in [0.1, 0.15) is 24.0 Å². The van der Waals surface area contributed by atoms with E-state index in [2.05, 4.69) is 15.6 Å². The fourth-order valence-electron chi connectivity index (χ4n) is 3.35. The first-order valence-corrected chi connectivity index (χ1v) is 11.1. The Morgan fingerprint density at radius 1 is 0.857 bits per heavy atom. The van der Waals surface area contributed by atoms with Gasteiger partial charge in [0.15, 0.2) is 5.96 Å². The van der Waals surface area contributed by atoms with Crippen LogP contribution in [-0.4, -0.2) is 58.6 Å². The minimum absolute atomic E-state index is 0.0513. The molecule has 2 amide bonds. The Morgan fingerprint density at radius 2 is 1.46 bits per heavy atom. The molecule has 0 aliphatic heterocycles. The third kappa shape index (κ3) is 9.72. The van der Waals surface area contributed by atoms with Gasteiger partial charge in [0.05, 0.1) is 6.04 Å². The van der Waals surface area contributed by atoms with Crippen molar-refractivity contribution in [2.45, 2.75) is 43.8 Å². The van der Waals surface area contributed by atoms with Gasteiger partial charge in [-0.15, -0.1) is 0 Å². The molecular formula is C24H32N6O5. The lowest BCUT2D eigenvalue weighted by atomic mass is 10.0. The SMILES string of the molecule is NC(N)=NCCC[C@H](NC(=O)[C@H](Cc1ccc(O)cc1)NC(=O)[C@@H](N)Cc1ccccc1)C(=O)O. The van der Waals surface area contributed by atoms with E-state index in [1.807, 2.05) is 30.3 Å². The van der Waals surface area contributed by atoms with E-state index in [1.54, 1.807) is 12.1 Å². The largest absolute Gasteiger partial charge is 0.508 e. The number of carboxylic acid groups (broad SMARTS) is 1. The molecule has 0 aliphatic rings. The van der Waals surface area contributed by atoms with Crippen molar-refractivity contribution in [1.29, 1.82) is 0 Å². The number of rotatable bonds is 13. The van der Waals surface area contributed by atoms with E-state index < -0.39 is 35.9 Å². The molecule has 11 nitrogen and oxygen atoms in total. The summed E-state index contributed by atoms with van der Waals surface area (Å²) in [6.45, 7) is 0.212. The molecule has 0 saturated carbocycles. The lowest BCUT2D eigenvalue weighted by molar-refractivity contribution is -0.142. The molecule has 188 valence electrons. The Labute approximate surface area is 203 Å². The van der Waals surface area contributed by atoms with Crippen molar-refractivity contribution in [2.24, 2.45) is 22.2 Å². The van der Waals surface area contributed by atoms with Crippen LogP contribution in [0.2, 0.25) is 0 Å². The van der Waals surface area contributed by atoms with Gasteiger partial charge < -0.3 is 38.0 Å². The van der Waals surface area contributed by atoms with E-state index in [0.29, 0.717) is 12.0 Å². The molecule has 0 aromatic heterocycles. The van der Waals surface area contributed by atoms with Gasteiger partial charge in [0.1, 0.15) is 17.8 Å². The summed E-state index contributed by atoms with van der Waals surface area (Å²) >= 11 is 0. The smallest absolute Gasteiger partial charge is 0.326 e. The molecule has 0 saturated heterocycles. The first-order chi connectivity index (χ1) is 16.7. The highest BCUT2D eigenvalue weighted by Crippen LogP contribution is 2.12. The zero-order valence-electron chi connectivity index (χ0n) is 19.3.